The van der Waals surface area contributed by atoms with E-state index >= 15 is 0 Å². The zero-order valence-electron chi connectivity index (χ0n) is 21.3. The summed E-state index contributed by atoms with van der Waals surface area (Å²) < 4.78 is 61.9. The van der Waals surface area contributed by atoms with Gasteiger partial charge in [-0.2, -0.15) is 13.2 Å². The van der Waals surface area contributed by atoms with Gasteiger partial charge in [0.05, 0.1) is 17.1 Å². The maximum atomic E-state index is 13.4. The van der Waals surface area contributed by atoms with Crippen molar-refractivity contribution in [2.45, 2.75) is 18.7 Å². The molecule has 3 aromatic carbocycles. The van der Waals surface area contributed by atoms with Gasteiger partial charge < -0.3 is 19.8 Å². The number of fused-ring (bicyclic) bond motifs is 1. The zero-order chi connectivity index (χ0) is 28.8. The Morgan fingerprint density at radius 1 is 0.976 bits per heavy atom. The second kappa shape index (κ2) is 12.8. The predicted octanol–water partition coefficient (Wildman–Crippen LogP) is 8.35. The van der Waals surface area contributed by atoms with Crippen LogP contribution in [0.3, 0.4) is 0 Å². The lowest BCUT2D eigenvalue weighted by molar-refractivity contribution is -0.0327. The summed E-state index contributed by atoms with van der Waals surface area (Å²) >= 11 is 6.39. The minimum Gasteiger partial charge on any atom is -0.487 e. The first-order valence-electron chi connectivity index (χ1n) is 12.4. The lowest BCUT2D eigenvalue weighted by atomic mass is 10.1. The van der Waals surface area contributed by atoms with Crippen molar-refractivity contribution in [2.75, 3.05) is 17.6 Å². The van der Waals surface area contributed by atoms with Gasteiger partial charge in [0.15, 0.2) is 0 Å². The molecule has 0 spiro atoms. The molecule has 2 aromatic heterocycles. The van der Waals surface area contributed by atoms with Crippen molar-refractivity contribution in [1.82, 2.24) is 15.3 Å². The van der Waals surface area contributed by atoms with Gasteiger partial charge in [-0.15, -0.1) is 0 Å². The molecule has 212 valence electrons. The molecule has 5 aromatic rings. The van der Waals surface area contributed by atoms with Gasteiger partial charge in [0, 0.05) is 28.9 Å². The molecular formula is C29H23ClF4N4O2S. The topological polar surface area (TPSA) is 72.2 Å². The lowest BCUT2D eigenvalue weighted by Gasteiger charge is -2.12. The summed E-state index contributed by atoms with van der Waals surface area (Å²) in [7, 11) is 0. The molecule has 0 saturated carbocycles. The van der Waals surface area contributed by atoms with Crippen LogP contribution in [0.15, 0.2) is 83.5 Å². The Kier molecular flexibility index (Phi) is 8.96. The first-order chi connectivity index (χ1) is 19.7. The average Bonchev–Trinajstić information content (AvgIpc) is 3.41. The van der Waals surface area contributed by atoms with Crippen LogP contribution in [-0.2, 0) is 13.2 Å². The highest BCUT2D eigenvalue weighted by molar-refractivity contribution is 8.00. The van der Waals surface area contributed by atoms with Gasteiger partial charge in [-0.05, 0) is 78.0 Å². The van der Waals surface area contributed by atoms with E-state index in [0.29, 0.717) is 51.4 Å². The second-order valence-electron chi connectivity index (χ2n) is 8.88. The first kappa shape index (κ1) is 28.7. The Balaban J connectivity index is 1.26. The number of anilines is 2. The molecule has 0 aliphatic heterocycles. The third-order valence-electron chi connectivity index (χ3n) is 5.90. The Morgan fingerprint density at radius 3 is 2.66 bits per heavy atom. The number of rotatable bonds is 11. The smallest absolute Gasteiger partial charge is 0.441 e. The summed E-state index contributed by atoms with van der Waals surface area (Å²) in [6, 6.07) is 20.6. The van der Waals surface area contributed by atoms with Gasteiger partial charge in [-0.1, -0.05) is 23.7 Å². The van der Waals surface area contributed by atoms with E-state index in [1.807, 2.05) is 24.3 Å². The molecule has 6 nitrogen and oxygen atoms in total. The molecule has 0 radical (unpaired) electrons. The minimum atomic E-state index is -4.23. The van der Waals surface area contributed by atoms with Gasteiger partial charge in [0.2, 0.25) is 0 Å². The van der Waals surface area contributed by atoms with Crippen LogP contribution >= 0.6 is 23.4 Å². The number of nitrogens with zero attached hydrogens (tertiary/aromatic N) is 2. The monoisotopic (exact) mass is 602 g/mol. The van der Waals surface area contributed by atoms with E-state index in [9.17, 15) is 17.6 Å². The van der Waals surface area contributed by atoms with E-state index in [2.05, 4.69) is 20.6 Å². The summed E-state index contributed by atoms with van der Waals surface area (Å²) in [5.41, 5.74) is -1.38. The summed E-state index contributed by atoms with van der Waals surface area (Å²) in [6.07, 6.45) is 1.45. The zero-order valence-corrected chi connectivity index (χ0v) is 22.9. The van der Waals surface area contributed by atoms with Crippen LogP contribution in [0.4, 0.5) is 29.1 Å². The van der Waals surface area contributed by atoms with Gasteiger partial charge >= 0.3 is 5.51 Å². The van der Waals surface area contributed by atoms with Crippen LogP contribution in [0.5, 0.6) is 5.75 Å². The van der Waals surface area contributed by atoms with Gasteiger partial charge in [-0.25, -0.2) is 14.4 Å². The summed E-state index contributed by atoms with van der Waals surface area (Å²) in [5, 5.41) is 7.34. The van der Waals surface area contributed by atoms with Crippen LogP contribution in [0, 0.1) is 5.82 Å². The molecule has 0 atom stereocenters. The van der Waals surface area contributed by atoms with E-state index < -0.39 is 5.51 Å². The first-order valence-corrected chi connectivity index (χ1v) is 13.8. The molecule has 0 aliphatic carbocycles. The van der Waals surface area contributed by atoms with Crippen LogP contribution in [0.1, 0.15) is 11.3 Å². The number of thioether (sulfide) groups is 1. The quantitative estimate of drug-likeness (QED) is 0.116. The fraction of sp³-hybridized carbons (Fsp3) is 0.172. The lowest BCUT2D eigenvalue weighted by Crippen LogP contribution is -2.18. The molecule has 0 fully saturated rings. The van der Waals surface area contributed by atoms with E-state index in [0.717, 1.165) is 10.9 Å². The Bertz CT molecular complexity index is 1650. The van der Waals surface area contributed by atoms with Crippen molar-refractivity contribution in [3.63, 3.8) is 0 Å². The Morgan fingerprint density at radius 2 is 1.85 bits per heavy atom. The van der Waals surface area contributed by atoms with Gasteiger partial charge in [0.25, 0.3) is 0 Å². The van der Waals surface area contributed by atoms with E-state index in [-0.39, 0.29) is 36.5 Å². The third kappa shape index (κ3) is 7.90. The number of benzene rings is 3. The van der Waals surface area contributed by atoms with Crippen molar-refractivity contribution in [1.29, 1.82) is 0 Å². The summed E-state index contributed by atoms with van der Waals surface area (Å²) in [5.74, 6) is 1.81. The number of ether oxygens (including phenoxy) is 1. The van der Waals surface area contributed by atoms with Crippen molar-refractivity contribution < 1.29 is 26.7 Å². The number of hydrogen-bond donors (Lipinski definition) is 2. The molecular weight excluding hydrogens is 580 g/mol. The van der Waals surface area contributed by atoms with Crippen molar-refractivity contribution in [3.8, 4) is 17.1 Å². The van der Waals surface area contributed by atoms with Crippen LogP contribution in [0.2, 0.25) is 5.02 Å². The van der Waals surface area contributed by atoms with Crippen LogP contribution < -0.4 is 15.4 Å². The molecule has 0 bridgehead atoms. The molecule has 0 unspecified atom stereocenters. The SMILES string of the molecule is Fc1cccc(COc2ccc(Nc3ncnc4ccc(-c5ccc(CNCCSC(F)(F)F)o5)cc34)cc2Cl)c1. The summed E-state index contributed by atoms with van der Waals surface area (Å²) in [6.45, 7) is 0.683. The average molecular weight is 603 g/mol. The predicted molar refractivity (Wildman–Crippen MR) is 153 cm³/mol. The number of aromatic nitrogens is 2. The minimum absolute atomic E-state index is 0.0592. The Hall–Kier alpha value is -3.80. The Labute approximate surface area is 242 Å². The van der Waals surface area contributed by atoms with Crippen molar-refractivity contribution in [3.05, 3.63) is 101 Å². The highest BCUT2D eigenvalue weighted by atomic mass is 35.5. The summed E-state index contributed by atoms with van der Waals surface area (Å²) in [4.78, 5) is 8.74. The number of furan rings is 1. The number of nitrogens with one attached hydrogen (secondary N) is 2. The van der Waals surface area contributed by atoms with Crippen molar-refractivity contribution in [2.24, 2.45) is 0 Å². The highest BCUT2D eigenvalue weighted by Crippen LogP contribution is 2.33. The van der Waals surface area contributed by atoms with E-state index in [1.165, 1.54) is 18.5 Å². The van der Waals surface area contributed by atoms with E-state index in [4.69, 9.17) is 20.8 Å². The molecule has 12 heteroatoms. The molecule has 2 heterocycles. The van der Waals surface area contributed by atoms with Gasteiger partial charge in [0.1, 0.15) is 41.8 Å². The van der Waals surface area contributed by atoms with Crippen LogP contribution in [-0.4, -0.2) is 27.8 Å². The highest BCUT2D eigenvalue weighted by Gasteiger charge is 2.27. The van der Waals surface area contributed by atoms with E-state index in [1.54, 1.807) is 36.4 Å². The fourth-order valence-corrected chi connectivity index (χ4v) is 4.72. The molecule has 0 amide bonds. The van der Waals surface area contributed by atoms with Gasteiger partial charge in [-0.3, -0.25) is 0 Å². The number of halogens is 5. The van der Waals surface area contributed by atoms with Crippen LogP contribution in [0.25, 0.3) is 22.2 Å². The normalized spacial score (nSPS) is 11.6. The van der Waals surface area contributed by atoms with Crippen molar-refractivity contribution >= 4 is 45.8 Å². The molecule has 2 N–H and O–H groups in total. The molecule has 5 rings (SSSR count). The number of hydrogen-bond acceptors (Lipinski definition) is 7. The molecule has 0 aliphatic rings. The number of alkyl halides is 3. The maximum absolute atomic E-state index is 13.4. The second-order valence-corrected chi connectivity index (χ2v) is 10.4. The molecule has 41 heavy (non-hydrogen) atoms. The molecule has 0 saturated heterocycles. The fourth-order valence-electron chi connectivity index (χ4n) is 4.01. The maximum Gasteiger partial charge on any atom is 0.441 e. The standard InChI is InChI=1S/C29H23ClF4N4O2S/c30-24-14-21(5-8-27(24)39-16-18-2-1-3-20(31)12-18)38-28-23-13-19(4-7-25(23)36-17-37-28)26-9-6-22(40-26)15-35-10-11-41-29(32,33)34/h1-9,12-14,17,35H,10-11,15-16H2,(H,36,37,38). The largest absolute Gasteiger partial charge is 0.487 e. The third-order valence-corrected chi connectivity index (χ3v) is 6.93.